The number of unbranched alkanes of at least 4 members (excludes halogenated alkanes) is 12. The largest absolute Gasteiger partial charge is 0.469 e. The average molecular weight is 534 g/mol. The highest BCUT2D eigenvalue weighted by atomic mass is 35.5. The van der Waals surface area contributed by atoms with E-state index in [0.29, 0.717) is 17.2 Å². The van der Waals surface area contributed by atoms with E-state index in [1.54, 1.807) is 0 Å². The fourth-order valence-corrected chi connectivity index (χ4v) is 5.05. The molecule has 1 aromatic carbocycles. The number of hydrogen-bond donors (Lipinski definition) is 0. The van der Waals surface area contributed by atoms with Crippen LogP contribution in [0, 0.1) is 0 Å². The monoisotopic (exact) mass is 532 g/mol. The normalized spacial score (nSPS) is 11.3. The van der Waals surface area contributed by atoms with Crippen molar-refractivity contribution >= 4 is 40.3 Å². The smallest absolute Gasteiger partial charge is 0.305 e. The third-order valence-electron chi connectivity index (χ3n) is 6.56. The number of nitrogens with zero attached hydrogens (tertiary/aromatic N) is 4. The first kappa shape index (κ1) is 28.4. The first-order valence-electron chi connectivity index (χ1n) is 13.3. The summed E-state index contributed by atoms with van der Waals surface area (Å²) in [4.78, 5) is 24.2. The predicted molar refractivity (Wildman–Crippen MR) is 147 cm³/mol. The van der Waals surface area contributed by atoms with Gasteiger partial charge in [0.25, 0.3) is 0 Å². The first-order chi connectivity index (χ1) is 17.6. The van der Waals surface area contributed by atoms with Crippen LogP contribution in [-0.4, -0.2) is 32.6 Å². The Bertz CT molecular complexity index is 1070. The average Bonchev–Trinajstić information content (AvgIpc) is 3.25. The summed E-state index contributed by atoms with van der Waals surface area (Å²) in [6.07, 6.45) is 16.5. The molecule has 0 N–H and O–H groups in total. The van der Waals surface area contributed by atoms with Crippen LogP contribution >= 0.6 is 23.2 Å². The van der Waals surface area contributed by atoms with Gasteiger partial charge in [-0.05, 0) is 24.4 Å². The quantitative estimate of drug-likeness (QED) is 0.0754. The number of imidazole rings is 1. The second-order valence-electron chi connectivity index (χ2n) is 9.33. The molecule has 36 heavy (non-hydrogen) atoms. The molecule has 0 bridgehead atoms. The van der Waals surface area contributed by atoms with Gasteiger partial charge >= 0.3 is 5.97 Å². The van der Waals surface area contributed by atoms with Gasteiger partial charge in [-0.1, -0.05) is 113 Å². The zero-order chi connectivity index (χ0) is 25.6. The molecule has 0 aliphatic heterocycles. The fraction of sp³-hybridized carbons (Fsp3) is 0.571. The molecule has 0 saturated carbocycles. The minimum Gasteiger partial charge on any atom is -0.469 e. The summed E-state index contributed by atoms with van der Waals surface area (Å²) in [7, 11) is 1.45. The highest BCUT2D eigenvalue weighted by molar-refractivity contribution is 6.35. The van der Waals surface area contributed by atoms with E-state index in [1.165, 1.54) is 71.3 Å². The summed E-state index contributed by atoms with van der Waals surface area (Å²) in [6.45, 7) is 0.824. The van der Waals surface area contributed by atoms with Gasteiger partial charge in [0.1, 0.15) is 11.3 Å². The molecule has 0 amide bonds. The fourth-order valence-electron chi connectivity index (χ4n) is 4.58. The molecule has 3 rings (SSSR count). The molecule has 6 nitrogen and oxygen atoms in total. The lowest BCUT2D eigenvalue weighted by Crippen LogP contribution is -2.02. The summed E-state index contributed by atoms with van der Waals surface area (Å²) < 4.78 is 6.81. The van der Waals surface area contributed by atoms with Crippen LogP contribution in [0.3, 0.4) is 0 Å². The number of benzene rings is 1. The van der Waals surface area contributed by atoms with Gasteiger partial charge in [-0.25, -0.2) is 9.97 Å². The number of carbonyl (C=O) groups is 1. The van der Waals surface area contributed by atoms with E-state index in [9.17, 15) is 4.79 Å². The molecule has 0 aliphatic rings. The van der Waals surface area contributed by atoms with E-state index in [-0.39, 0.29) is 11.3 Å². The van der Waals surface area contributed by atoms with E-state index in [0.717, 1.165) is 42.7 Å². The molecule has 0 radical (unpaired) electrons. The molecule has 2 heterocycles. The van der Waals surface area contributed by atoms with Crippen LogP contribution in [0.15, 0.2) is 30.3 Å². The Morgan fingerprint density at radius 1 is 0.778 bits per heavy atom. The Morgan fingerprint density at radius 3 is 1.92 bits per heavy atom. The molecule has 0 fully saturated rings. The van der Waals surface area contributed by atoms with E-state index in [1.807, 2.05) is 30.3 Å². The standard InChI is InChI=1S/C28H38Cl2N4O2/c1-36-23(35)20-16-11-9-7-5-3-2-4-6-8-10-12-17-21-34-24-25(29)31-28(30)33-26(24)32-27(34)22-18-14-13-15-19-22/h13-15,18-19H,2-12,16-17,20-21H2,1H3. The molecule has 0 aliphatic carbocycles. The second-order valence-corrected chi connectivity index (χ2v) is 10.0. The van der Waals surface area contributed by atoms with Crippen LogP contribution in [0.2, 0.25) is 10.4 Å². The van der Waals surface area contributed by atoms with Gasteiger partial charge in [0.05, 0.1) is 7.11 Å². The van der Waals surface area contributed by atoms with Gasteiger partial charge in [0.15, 0.2) is 10.8 Å². The zero-order valence-corrected chi connectivity index (χ0v) is 22.9. The van der Waals surface area contributed by atoms with Crippen LogP contribution in [0.25, 0.3) is 22.6 Å². The number of halogens is 2. The highest BCUT2D eigenvalue weighted by Crippen LogP contribution is 2.29. The molecule has 196 valence electrons. The van der Waals surface area contributed by atoms with Gasteiger partial charge in [-0.15, -0.1) is 0 Å². The summed E-state index contributed by atoms with van der Waals surface area (Å²) in [5.41, 5.74) is 2.33. The lowest BCUT2D eigenvalue weighted by Gasteiger charge is -2.10. The number of hydrogen-bond acceptors (Lipinski definition) is 5. The summed E-state index contributed by atoms with van der Waals surface area (Å²) in [6, 6.07) is 10.1. The lowest BCUT2D eigenvalue weighted by atomic mass is 10.0. The minimum atomic E-state index is -0.0912. The highest BCUT2D eigenvalue weighted by Gasteiger charge is 2.17. The molecule has 3 aromatic rings. The van der Waals surface area contributed by atoms with Crippen LogP contribution in [0.5, 0.6) is 0 Å². The summed E-state index contributed by atoms with van der Waals surface area (Å²) in [5.74, 6) is 0.763. The van der Waals surface area contributed by atoms with Gasteiger partial charge < -0.3 is 9.30 Å². The van der Waals surface area contributed by atoms with Crippen molar-refractivity contribution in [1.29, 1.82) is 0 Å². The minimum absolute atomic E-state index is 0.0912. The SMILES string of the molecule is COC(=O)CCCCCCCCCCCCCCCn1c(-c2ccccc2)nc2nc(Cl)nc(Cl)c21. The number of aryl methyl sites for hydroxylation is 1. The number of carbonyl (C=O) groups excluding carboxylic acids is 1. The topological polar surface area (TPSA) is 69.9 Å². The molecule has 0 atom stereocenters. The Kier molecular flexibility index (Phi) is 12.5. The van der Waals surface area contributed by atoms with Crippen LogP contribution < -0.4 is 0 Å². The maximum atomic E-state index is 11.1. The third kappa shape index (κ3) is 9.04. The van der Waals surface area contributed by atoms with Crippen molar-refractivity contribution in [3.05, 3.63) is 40.8 Å². The number of methoxy groups -OCH3 is 1. The van der Waals surface area contributed by atoms with E-state index in [4.69, 9.17) is 28.2 Å². The van der Waals surface area contributed by atoms with Gasteiger partial charge in [-0.2, -0.15) is 4.98 Å². The van der Waals surface area contributed by atoms with Crippen LogP contribution in [-0.2, 0) is 16.1 Å². The van der Waals surface area contributed by atoms with Crippen molar-refractivity contribution in [3.63, 3.8) is 0 Å². The molecule has 0 saturated heterocycles. The maximum Gasteiger partial charge on any atom is 0.305 e. The van der Waals surface area contributed by atoms with Crippen molar-refractivity contribution in [2.24, 2.45) is 0 Å². The van der Waals surface area contributed by atoms with Gasteiger partial charge in [0, 0.05) is 18.5 Å². The van der Waals surface area contributed by atoms with Crippen molar-refractivity contribution in [2.45, 2.75) is 96.4 Å². The molecular formula is C28H38Cl2N4O2. The molecule has 2 aromatic heterocycles. The summed E-state index contributed by atoms with van der Waals surface area (Å²) >= 11 is 12.5. The van der Waals surface area contributed by atoms with Crippen molar-refractivity contribution in [1.82, 2.24) is 19.5 Å². The Hall–Kier alpha value is -2.18. The van der Waals surface area contributed by atoms with Gasteiger partial charge in [0.2, 0.25) is 5.28 Å². The third-order valence-corrected chi connectivity index (χ3v) is 6.99. The second kappa shape index (κ2) is 15.8. The van der Waals surface area contributed by atoms with Crippen molar-refractivity contribution in [3.8, 4) is 11.4 Å². The summed E-state index contributed by atoms with van der Waals surface area (Å²) in [5, 5.41) is 0.466. The number of rotatable bonds is 17. The van der Waals surface area contributed by atoms with E-state index < -0.39 is 0 Å². The van der Waals surface area contributed by atoms with Crippen molar-refractivity contribution < 1.29 is 9.53 Å². The lowest BCUT2D eigenvalue weighted by molar-refractivity contribution is -0.140. The van der Waals surface area contributed by atoms with Crippen LogP contribution in [0.4, 0.5) is 0 Å². The molecule has 0 spiro atoms. The molecule has 0 unspecified atom stereocenters. The molecule has 8 heteroatoms. The maximum absolute atomic E-state index is 11.1. The van der Waals surface area contributed by atoms with Gasteiger partial charge in [-0.3, -0.25) is 4.79 Å². The Balaban J connectivity index is 1.31. The molecular weight excluding hydrogens is 495 g/mol. The van der Waals surface area contributed by atoms with E-state index in [2.05, 4.69) is 19.3 Å². The number of aromatic nitrogens is 4. The zero-order valence-electron chi connectivity index (χ0n) is 21.4. The Morgan fingerprint density at radius 2 is 1.33 bits per heavy atom. The predicted octanol–water partition coefficient (Wildman–Crippen LogP) is 8.43. The number of esters is 1. The van der Waals surface area contributed by atoms with E-state index >= 15 is 0 Å². The first-order valence-corrected chi connectivity index (χ1v) is 14.1. The van der Waals surface area contributed by atoms with Crippen LogP contribution in [0.1, 0.15) is 89.9 Å². The Labute approximate surface area is 224 Å². The number of fused-ring (bicyclic) bond motifs is 1. The van der Waals surface area contributed by atoms with Crippen molar-refractivity contribution in [2.75, 3.05) is 7.11 Å². The number of ether oxygens (including phenoxy) is 1.